The summed E-state index contributed by atoms with van der Waals surface area (Å²) in [6.45, 7) is 16.4. The topological polar surface area (TPSA) is 105 Å². The molecule has 228 valence electrons. The molecule has 0 unspecified atom stereocenters. The number of aliphatic hydroxyl groups is 3. The van der Waals surface area contributed by atoms with Gasteiger partial charge in [0.05, 0.1) is 17.8 Å². The fourth-order valence-electron chi connectivity index (χ4n) is 11.0. The molecule has 7 heteroatoms. The standard InChI is InChI=1S/C33H54O7/c1-18(34)39-26-13-15-32(7)23-12-14-31(6)20(19-16-21(40-28(19)38-9)27(36)30(4,5)37)10-11-22(31)33(23,8)25(35)17-24(32)29(26,2)3/h11,19-21,23-28,35-37H,10,12-17H2,1-9H3/t19-,20+,21+,23+,24-,25+,26+,27-,28-,31-,32+,33-/m0/s1. The second-order valence-electron chi connectivity index (χ2n) is 15.8. The van der Waals surface area contributed by atoms with Gasteiger partial charge in [-0.05, 0) is 87.4 Å². The van der Waals surface area contributed by atoms with Gasteiger partial charge in [0.2, 0.25) is 0 Å². The van der Waals surface area contributed by atoms with Crippen LogP contribution in [0.15, 0.2) is 11.6 Å². The van der Waals surface area contributed by atoms with Crippen molar-refractivity contribution in [2.45, 2.75) is 137 Å². The lowest BCUT2D eigenvalue weighted by atomic mass is 9.37. The molecule has 4 aliphatic carbocycles. The lowest BCUT2D eigenvalue weighted by Crippen LogP contribution is -2.65. The molecule has 0 radical (unpaired) electrons. The van der Waals surface area contributed by atoms with Crippen molar-refractivity contribution in [3.63, 3.8) is 0 Å². The summed E-state index contributed by atoms with van der Waals surface area (Å²) in [4.78, 5) is 11.9. The minimum atomic E-state index is -1.26. The van der Waals surface area contributed by atoms with Crippen LogP contribution in [0.5, 0.6) is 0 Å². The summed E-state index contributed by atoms with van der Waals surface area (Å²) in [5.41, 5.74) is -0.453. The van der Waals surface area contributed by atoms with E-state index in [1.165, 1.54) is 12.5 Å². The van der Waals surface area contributed by atoms with Gasteiger partial charge in [-0.15, -0.1) is 0 Å². The number of hydrogen-bond acceptors (Lipinski definition) is 7. The molecule has 40 heavy (non-hydrogen) atoms. The molecule has 1 saturated heterocycles. The Balaban J connectivity index is 1.44. The van der Waals surface area contributed by atoms with Crippen LogP contribution < -0.4 is 0 Å². The van der Waals surface area contributed by atoms with Crippen molar-refractivity contribution in [3.8, 4) is 0 Å². The fraction of sp³-hybridized carbons (Fsp3) is 0.909. The quantitative estimate of drug-likeness (QED) is 0.320. The highest BCUT2D eigenvalue weighted by Gasteiger charge is 2.69. The molecule has 0 aromatic carbocycles. The van der Waals surface area contributed by atoms with E-state index in [0.717, 1.165) is 32.1 Å². The number of carbonyl (C=O) groups is 1. The Bertz CT molecular complexity index is 1030. The Morgan fingerprint density at radius 1 is 1.10 bits per heavy atom. The molecule has 7 nitrogen and oxygen atoms in total. The molecular formula is C33H54O7. The molecule has 0 amide bonds. The van der Waals surface area contributed by atoms with E-state index in [1.54, 1.807) is 21.0 Å². The predicted octanol–water partition coefficient (Wildman–Crippen LogP) is 5.00. The van der Waals surface area contributed by atoms with E-state index in [2.05, 4.69) is 40.7 Å². The molecule has 1 aliphatic heterocycles. The van der Waals surface area contributed by atoms with E-state index in [1.807, 2.05) is 0 Å². The van der Waals surface area contributed by atoms with Crippen LogP contribution in [0.2, 0.25) is 0 Å². The lowest BCUT2D eigenvalue weighted by Gasteiger charge is -2.68. The SMILES string of the molecule is CO[C@H]1O[C@@H]([C@H](O)C(C)(C)O)C[C@H]1[C@H]1CC=C2[C@]3(C)[C@H](O)C[C@H]4C(C)(C)[C@H](OC(C)=O)CC[C@]4(C)[C@H]3CC[C@]21C. The molecule has 1 heterocycles. The van der Waals surface area contributed by atoms with Gasteiger partial charge in [0.1, 0.15) is 12.2 Å². The number of esters is 1. The van der Waals surface area contributed by atoms with Gasteiger partial charge in [-0.1, -0.05) is 46.3 Å². The van der Waals surface area contributed by atoms with Crippen LogP contribution in [0.3, 0.4) is 0 Å². The maximum absolute atomic E-state index is 12.1. The second-order valence-corrected chi connectivity index (χ2v) is 15.8. The van der Waals surface area contributed by atoms with Crippen LogP contribution >= 0.6 is 0 Å². The third-order valence-corrected chi connectivity index (χ3v) is 13.0. The Labute approximate surface area is 241 Å². The van der Waals surface area contributed by atoms with Crippen molar-refractivity contribution >= 4 is 5.97 Å². The van der Waals surface area contributed by atoms with Gasteiger partial charge in [0.15, 0.2) is 6.29 Å². The first kappa shape index (κ1) is 30.5. The van der Waals surface area contributed by atoms with Crippen molar-refractivity contribution < 1.29 is 34.3 Å². The van der Waals surface area contributed by atoms with Crippen LogP contribution in [0.1, 0.15) is 100 Å². The monoisotopic (exact) mass is 562 g/mol. The third kappa shape index (κ3) is 4.27. The van der Waals surface area contributed by atoms with Crippen molar-refractivity contribution in [2.24, 2.45) is 45.3 Å². The Kier molecular flexibility index (Phi) is 7.44. The first-order valence-electron chi connectivity index (χ1n) is 15.6. The van der Waals surface area contributed by atoms with Crippen molar-refractivity contribution in [1.29, 1.82) is 0 Å². The van der Waals surface area contributed by atoms with Crippen LogP contribution in [-0.2, 0) is 19.0 Å². The number of aliphatic hydroxyl groups excluding tert-OH is 2. The number of hydrogen-bond donors (Lipinski definition) is 3. The number of methoxy groups -OCH3 is 1. The van der Waals surface area contributed by atoms with Gasteiger partial charge in [-0.25, -0.2) is 0 Å². The van der Waals surface area contributed by atoms with E-state index in [0.29, 0.717) is 18.8 Å². The number of rotatable bonds is 5. The Morgan fingerprint density at radius 3 is 2.38 bits per heavy atom. The average Bonchev–Trinajstić information content (AvgIpc) is 3.43. The number of fused-ring (bicyclic) bond motifs is 5. The van der Waals surface area contributed by atoms with Crippen LogP contribution in [0.4, 0.5) is 0 Å². The van der Waals surface area contributed by atoms with Gasteiger partial charge in [0, 0.05) is 30.8 Å². The van der Waals surface area contributed by atoms with Gasteiger partial charge in [-0.3, -0.25) is 4.79 Å². The summed E-state index contributed by atoms with van der Waals surface area (Å²) < 4.78 is 17.9. The molecule has 3 N–H and O–H groups in total. The summed E-state index contributed by atoms with van der Waals surface area (Å²) in [5.74, 6) is 0.748. The normalized spacial score (nSPS) is 49.0. The molecule has 5 aliphatic rings. The number of carbonyl (C=O) groups excluding carboxylic acids is 1. The minimum absolute atomic E-state index is 0.0435. The molecular weight excluding hydrogens is 508 g/mol. The van der Waals surface area contributed by atoms with Crippen LogP contribution in [0, 0.1) is 45.3 Å². The smallest absolute Gasteiger partial charge is 0.302 e. The summed E-state index contributed by atoms with van der Waals surface area (Å²) in [6, 6.07) is 0. The highest BCUT2D eigenvalue weighted by Crippen LogP contribution is 2.73. The molecule has 12 atom stereocenters. The number of ether oxygens (including phenoxy) is 3. The molecule has 0 spiro atoms. The largest absolute Gasteiger partial charge is 0.462 e. The summed E-state index contributed by atoms with van der Waals surface area (Å²) in [6.07, 6.45) is 6.11. The highest BCUT2D eigenvalue weighted by atomic mass is 16.7. The maximum Gasteiger partial charge on any atom is 0.302 e. The Hall–Kier alpha value is -0.990. The maximum atomic E-state index is 12.1. The van der Waals surface area contributed by atoms with Gasteiger partial charge in [0.25, 0.3) is 0 Å². The van der Waals surface area contributed by atoms with Gasteiger partial charge in [-0.2, -0.15) is 0 Å². The van der Waals surface area contributed by atoms with E-state index < -0.39 is 30.2 Å². The average molecular weight is 563 g/mol. The fourth-order valence-corrected chi connectivity index (χ4v) is 11.0. The molecule has 4 fully saturated rings. The van der Waals surface area contributed by atoms with E-state index >= 15 is 0 Å². The van der Waals surface area contributed by atoms with Crippen molar-refractivity contribution in [1.82, 2.24) is 0 Å². The van der Waals surface area contributed by atoms with E-state index in [9.17, 15) is 20.1 Å². The van der Waals surface area contributed by atoms with Crippen LogP contribution in [0.25, 0.3) is 0 Å². The number of allylic oxidation sites excluding steroid dienone is 1. The predicted molar refractivity (Wildman–Crippen MR) is 152 cm³/mol. The Morgan fingerprint density at radius 2 is 1.77 bits per heavy atom. The summed E-state index contributed by atoms with van der Waals surface area (Å²) >= 11 is 0. The van der Waals surface area contributed by atoms with Crippen molar-refractivity contribution in [2.75, 3.05) is 7.11 Å². The third-order valence-electron chi connectivity index (χ3n) is 13.0. The van der Waals surface area contributed by atoms with E-state index in [-0.39, 0.29) is 51.5 Å². The molecule has 5 rings (SSSR count). The van der Waals surface area contributed by atoms with Crippen molar-refractivity contribution in [3.05, 3.63) is 11.6 Å². The highest BCUT2D eigenvalue weighted by molar-refractivity contribution is 5.66. The van der Waals surface area contributed by atoms with Gasteiger partial charge >= 0.3 is 5.97 Å². The van der Waals surface area contributed by atoms with Crippen LogP contribution in [-0.4, -0.2) is 64.7 Å². The second kappa shape index (κ2) is 9.77. The zero-order chi connectivity index (χ0) is 29.6. The first-order valence-corrected chi connectivity index (χ1v) is 15.6. The summed E-state index contributed by atoms with van der Waals surface area (Å²) in [7, 11) is 1.67. The summed E-state index contributed by atoms with van der Waals surface area (Å²) in [5, 5.41) is 33.4. The molecule has 3 saturated carbocycles. The minimum Gasteiger partial charge on any atom is -0.462 e. The first-order chi connectivity index (χ1) is 18.4. The zero-order valence-corrected chi connectivity index (χ0v) is 26.2. The molecule has 0 aromatic heterocycles. The lowest BCUT2D eigenvalue weighted by molar-refractivity contribution is -0.221. The molecule has 0 aromatic rings. The zero-order valence-electron chi connectivity index (χ0n) is 26.2. The van der Waals surface area contributed by atoms with Gasteiger partial charge < -0.3 is 29.5 Å². The van der Waals surface area contributed by atoms with E-state index in [4.69, 9.17) is 14.2 Å². The molecule has 0 bridgehead atoms.